The van der Waals surface area contributed by atoms with Gasteiger partial charge in [-0.15, -0.1) is 0 Å². The lowest BCUT2D eigenvalue weighted by Gasteiger charge is -2.15. The fraction of sp³-hybridized carbons (Fsp3) is 0.588. The molecule has 0 heterocycles. The van der Waals surface area contributed by atoms with Gasteiger partial charge in [0.25, 0.3) is 5.91 Å². The third kappa shape index (κ3) is 5.93. The van der Waals surface area contributed by atoms with Crippen molar-refractivity contribution in [3.63, 3.8) is 0 Å². The first kappa shape index (κ1) is 18.3. The number of rotatable bonds is 9. The quantitative estimate of drug-likeness (QED) is 0.736. The number of likely N-dealkylation sites (N-methyl/N-ethyl adjacent to an activating group) is 1. The molecule has 0 spiro atoms. The van der Waals surface area contributed by atoms with Crippen LogP contribution in [0.4, 0.5) is 0 Å². The summed E-state index contributed by atoms with van der Waals surface area (Å²) in [4.78, 5) is 12.2. The van der Waals surface area contributed by atoms with Gasteiger partial charge in [-0.3, -0.25) is 4.79 Å². The van der Waals surface area contributed by atoms with Gasteiger partial charge in [0.15, 0.2) is 11.5 Å². The number of benzene rings is 1. The number of carbonyl (C=O) groups is 1. The zero-order valence-corrected chi connectivity index (χ0v) is 14.2. The van der Waals surface area contributed by atoms with Crippen LogP contribution in [0.1, 0.15) is 38.1 Å². The summed E-state index contributed by atoms with van der Waals surface area (Å²) in [5.74, 6) is 1.56. The van der Waals surface area contributed by atoms with E-state index in [9.17, 15) is 4.79 Å². The molecule has 0 saturated carbocycles. The predicted molar refractivity (Wildman–Crippen MR) is 88.8 cm³/mol. The molecule has 1 amide bonds. The van der Waals surface area contributed by atoms with Crippen LogP contribution in [0, 0.1) is 5.92 Å². The van der Waals surface area contributed by atoms with E-state index in [4.69, 9.17) is 9.47 Å². The minimum absolute atomic E-state index is 0.113. The van der Waals surface area contributed by atoms with Gasteiger partial charge in [-0.05, 0) is 37.6 Å². The second-order valence-electron chi connectivity index (χ2n) is 5.74. The fourth-order valence-corrected chi connectivity index (χ4v) is 1.95. The maximum atomic E-state index is 12.2. The maximum absolute atomic E-state index is 12.2. The van der Waals surface area contributed by atoms with E-state index in [1.54, 1.807) is 25.3 Å². The summed E-state index contributed by atoms with van der Waals surface area (Å²) in [5.41, 5.74) is 0.567. The molecule has 1 rings (SSSR count). The van der Waals surface area contributed by atoms with Crippen molar-refractivity contribution in [3.8, 4) is 11.5 Å². The third-order valence-corrected chi connectivity index (χ3v) is 3.12. The molecule has 0 saturated heterocycles. The number of carbonyl (C=O) groups excluding carboxylic acids is 1. The molecule has 2 N–H and O–H groups in total. The zero-order valence-electron chi connectivity index (χ0n) is 14.2. The van der Waals surface area contributed by atoms with E-state index in [0.29, 0.717) is 36.1 Å². The van der Waals surface area contributed by atoms with Gasteiger partial charge in [-0.2, -0.15) is 0 Å². The Labute approximate surface area is 133 Å². The first-order valence-electron chi connectivity index (χ1n) is 7.80. The highest BCUT2D eigenvalue weighted by Gasteiger charge is 2.12. The summed E-state index contributed by atoms with van der Waals surface area (Å²) >= 11 is 0. The molecule has 0 aliphatic rings. The van der Waals surface area contributed by atoms with Crippen LogP contribution in [-0.4, -0.2) is 38.8 Å². The van der Waals surface area contributed by atoms with Crippen molar-refractivity contribution in [2.24, 2.45) is 5.92 Å². The lowest BCUT2D eigenvalue weighted by atomic mass is 10.1. The Bertz CT molecular complexity index is 475. The highest BCUT2D eigenvalue weighted by molar-refractivity contribution is 5.94. The number of nitrogens with one attached hydrogen (secondary N) is 2. The van der Waals surface area contributed by atoms with Crippen LogP contribution in [-0.2, 0) is 0 Å². The molecule has 1 aromatic carbocycles. The van der Waals surface area contributed by atoms with E-state index >= 15 is 0 Å². The van der Waals surface area contributed by atoms with Crippen LogP contribution in [0.15, 0.2) is 18.2 Å². The molecular weight excluding hydrogens is 280 g/mol. The van der Waals surface area contributed by atoms with E-state index in [1.807, 2.05) is 13.8 Å². The van der Waals surface area contributed by atoms with Crippen molar-refractivity contribution in [1.29, 1.82) is 0 Å². The molecule has 0 radical (unpaired) electrons. The molecule has 5 nitrogen and oxygen atoms in total. The number of hydrogen-bond donors (Lipinski definition) is 2. The molecule has 1 atom stereocenters. The van der Waals surface area contributed by atoms with Crippen LogP contribution in [0.2, 0.25) is 0 Å². The van der Waals surface area contributed by atoms with Crippen LogP contribution in [0.3, 0.4) is 0 Å². The molecular formula is C17H28N2O3. The molecule has 1 aromatic rings. The summed E-state index contributed by atoms with van der Waals surface area (Å²) < 4.78 is 11.0. The number of amides is 1. The van der Waals surface area contributed by atoms with Gasteiger partial charge in [-0.1, -0.05) is 20.8 Å². The normalized spacial score (nSPS) is 12.1. The van der Waals surface area contributed by atoms with Gasteiger partial charge in [0.05, 0.1) is 13.7 Å². The SMILES string of the molecule is CCN[C@H](C)CNC(=O)c1ccc(OCC(C)C)c(OC)c1. The van der Waals surface area contributed by atoms with E-state index in [-0.39, 0.29) is 11.9 Å². The molecule has 0 aromatic heterocycles. The van der Waals surface area contributed by atoms with Crippen molar-refractivity contribution < 1.29 is 14.3 Å². The zero-order chi connectivity index (χ0) is 16.5. The van der Waals surface area contributed by atoms with E-state index in [1.165, 1.54) is 0 Å². The Morgan fingerprint density at radius 2 is 1.95 bits per heavy atom. The Balaban J connectivity index is 2.69. The van der Waals surface area contributed by atoms with Crippen LogP contribution in [0.25, 0.3) is 0 Å². The van der Waals surface area contributed by atoms with Crippen molar-refractivity contribution >= 4 is 5.91 Å². The summed E-state index contributed by atoms with van der Waals surface area (Å²) in [6.07, 6.45) is 0. The lowest BCUT2D eigenvalue weighted by molar-refractivity contribution is 0.0950. The molecule has 5 heteroatoms. The first-order valence-corrected chi connectivity index (χ1v) is 7.80. The lowest BCUT2D eigenvalue weighted by Crippen LogP contribution is -2.38. The monoisotopic (exact) mass is 308 g/mol. The number of ether oxygens (including phenoxy) is 2. The van der Waals surface area contributed by atoms with Crippen molar-refractivity contribution in [3.05, 3.63) is 23.8 Å². The molecule has 0 fully saturated rings. The highest BCUT2D eigenvalue weighted by Crippen LogP contribution is 2.28. The van der Waals surface area contributed by atoms with Gasteiger partial charge in [-0.25, -0.2) is 0 Å². The average molecular weight is 308 g/mol. The molecule has 124 valence electrons. The second-order valence-corrected chi connectivity index (χ2v) is 5.74. The summed E-state index contributed by atoms with van der Waals surface area (Å²) in [6.45, 7) is 10.3. The minimum Gasteiger partial charge on any atom is -0.493 e. The van der Waals surface area contributed by atoms with E-state index in [2.05, 4.69) is 24.5 Å². The second kappa shape index (κ2) is 9.30. The van der Waals surface area contributed by atoms with Crippen molar-refractivity contribution in [2.45, 2.75) is 33.7 Å². The Hall–Kier alpha value is -1.75. The summed E-state index contributed by atoms with van der Waals surface area (Å²) in [5, 5.41) is 6.16. The first-order chi connectivity index (χ1) is 10.5. The van der Waals surface area contributed by atoms with Gasteiger partial charge in [0.2, 0.25) is 0 Å². The van der Waals surface area contributed by atoms with Crippen molar-refractivity contribution in [1.82, 2.24) is 10.6 Å². The van der Waals surface area contributed by atoms with Gasteiger partial charge in [0, 0.05) is 18.2 Å². The Morgan fingerprint density at radius 3 is 2.55 bits per heavy atom. The fourth-order valence-electron chi connectivity index (χ4n) is 1.95. The van der Waals surface area contributed by atoms with Crippen LogP contribution >= 0.6 is 0 Å². The Morgan fingerprint density at radius 1 is 1.23 bits per heavy atom. The largest absolute Gasteiger partial charge is 0.493 e. The summed E-state index contributed by atoms with van der Waals surface area (Å²) in [6, 6.07) is 5.49. The number of methoxy groups -OCH3 is 1. The number of hydrogen-bond acceptors (Lipinski definition) is 4. The standard InChI is InChI=1S/C17H28N2O3/c1-6-18-13(4)10-19-17(20)14-7-8-15(16(9-14)21-5)22-11-12(2)3/h7-9,12-13,18H,6,10-11H2,1-5H3,(H,19,20)/t13-/m1/s1. The van der Waals surface area contributed by atoms with Crippen LogP contribution in [0.5, 0.6) is 11.5 Å². The summed E-state index contributed by atoms with van der Waals surface area (Å²) in [7, 11) is 1.58. The van der Waals surface area contributed by atoms with Crippen molar-refractivity contribution in [2.75, 3.05) is 26.8 Å². The van der Waals surface area contributed by atoms with Gasteiger partial charge < -0.3 is 20.1 Å². The van der Waals surface area contributed by atoms with E-state index < -0.39 is 0 Å². The molecule has 0 aliphatic carbocycles. The molecule has 0 aliphatic heterocycles. The predicted octanol–water partition coefficient (Wildman–Crippen LogP) is 2.46. The van der Waals surface area contributed by atoms with Crippen LogP contribution < -0.4 is 20.1 Å². The minimum atomic E-state index is -0.113. The average Bonchev–Trinajstić information content (AvgIpc) is 2.50. The molecule has 0 unspecified atom stereocenters. The van der Waals surface area contributed by atoms with E-state index in [0.717, 1.165) is 6.54 Å². The third-order valence-electron chi connectivity index (χ3n) is 3.12. The van der Waals surface area contributed by atoms with Gasteiger partial charge in [0.1, 0.15) is 0 Å². The maximum Gasteiger partial charge on any atom is 0.251 e. The Kier molecular flexibility index (Phi) is 7.74. The smallest absolute Gasteiger partial charge is 0.251 e. The molecule has 0 bridgehead atoms. The topological polar surface area (TPSA) is 59.6 Å². The molecule has 22 heavy (non-hydrogen) atoms. The highest BCUT2D eigenvalue weighted by atomic mass is 16.5. The van der Waals surface area contributed by atoms with Gasteiger partial charge >= 0.3 is 0 Å².